The van der Waals surface area contributed by atoms with E-state index in [4.69, 9.17) is 26.1 Å². The molecule has 5 rings (SSSR count). The summed E-state index contributed by atoms with van der Waals surface area (Å²) in [7, 11) is 0. The fourth-order valence-corrected chi connectivity index (χ4v) is 3.54. The Hall–Kier alpha value is -3.89. The molecule has 11 heteroatoms. The lowest BCUT2D eigenvalue weighted by atomic mass is 10.0. The maximum absolute atomic E-state index is 11.0. The minimum absolute atomic E-state index is 0.0957. The highest BCUT2D eigenvalue weighted by Gasteiger charge is 2.31. The van der Waals surface area contributed by atoms with Gasteiger partial charge >= 0.3 is 6.09 Å². The van der Waals surface area contributed by atoms with Gasteiger partial charge in [0.25, 0.3) is 6.01 Å². The van der Waals surface area contributed by atoms with Gasteiger partial charge in [0, 0.05) is 31.1 Å². The van der Waals surface area contributed by atoms with Crippen LogP contribution >= 0.6 is 0 Å². The molecule has 0 unspecified atom stereocenters. The summed E-state index contributed by atoms with van der Waals surface area (Å²) in [6.45, 7) is 1.48. The van der Waals surface area contributed by atoms with Crippen molar-refractivity contribution in [3.8, 4) is 11.3 Å². The second kappa shape index (κ2) is 5.81. The van der Waals surface area contributed by atoms with Crippen LogP contribution in [0.4, 0.5) is 16.6 Å². The first-order chi connectivity index (χ1) is 13.5. The molecule has 1 aliphatic rings. The van der Waals surface area contributed by atoms with E-state index in [1.54, 1.807) is 10.7 Å². The summed E-state index contributed by atoms with van der Waals surface area (Å²) < 4.78 is 7.08. The van der Waals surface area contributed by atoms with Crippen LogP contribution < -0.4 is 11.5 Å². The van der Waals surface area contributed by atoms with E-state index >= 15 is 0 Å². The molecule has 0 radical (unpaired) electrons. The van der Waals surface area contributed by atoms with Crippen molar-refractivity contribution in [3.05, 3.63) is 24.5 Å². The second-order valence-electron chi connectivity index (χ2n) is 6.78. The SMILES string of the molecule is Nc1nc2cc(-c3nn(CC4CN(C(=O)O)C4)c4ncnc(N)c34)ccc2o1. The quantitative estimate of drug-likeness (QED) is 0.477. The highest BCUT2D eigenvalue weighted by Crippen LogP contribution is 2.33. The number of hydrogen-bond acceptors (Lipinski definition) is 8. The smallest absolute Gasteiger partial charge is 0.407 e. The van der Waals surface area contributed by atoms with Crippen LogP contribution in [0.2, 0.25) is 0 Å². The molecule has 4 aromatic rings. The average molecular weight is 380 g/mol. The summed E-state index contributed by atoms with van der Waals surface area (Å²) in [5.74, 6) is 0.493. The van der Waals surface area contributed by atoms with Gasteiger partial charge in [-0.2, -0.15) is 10.1 Å². The summed E-state index contributed by atoms with van der Waals surface area (Å²) >= 11 is 0. The summed E-state index contributed by atoms with van der Waals surface area (Å²) in [4.78, 5) is 24.9. The molecule has 1 fully saturated rings. The number of hydrogen-bond donors (Lipinski definition) is 3. The van der Waals surface area contributed by atoms with Crippen LogP contribution in [0.1, 0.15) is 0 Å². The van der Waals surface area contributed by atoms with Gasteiger partial charge in [-0.3, -0.25) is 0 Å². The van der Waals surface area contributed by atoms with Crippen LogP contribution in [0.3, 0.4) is 0 Å². The Labute approximate surface area is 157 Å². The van der Waals surface area contributed by atoms with Crippen molar-refractivity contribution in [2.24, 2.45) is 5.92 Å². The monoisotopic (exact) mass is 380 g/mol. The van der Waals surface area contributed by atoms with Crippen molar-refractivity contribution < 1.29 is 14.3 Å². The molecular formula is C17H16N8O3. The van der Waals surface area contributed by atoms with Gasteiger partial charge in [-0.1, -0.05) is 0 Å². The first kappa shape index (κ1) is 16.3. The van der Waals surface area contributed by atoms with Crippen LogP contribution in [0.15, 0.2) is 28.9 Å². The van der Waals surface area contributed by atoms with E-state index in [2.05, 4.69) is 15.0 Å². The van der Waals surface area contributed by atoms with E-state index in [0.29, 0.717) is 53.3 Å². The lowest BCUT2D eigenvalue weighted by Crippen LogP contribution is -2.50. The third-order valence-corrected chi connectivity index (χ3v) is 4.89. The number of fused-ring (bicyclic) bond motifs is 2. The maximum Gasteiger partial charge on any atom is 0.407 e. The van der Waals surface area contributed by atoms with Crippen molar-refractivity contribution in [2.75, 3.05) is 24.6 Å². The van der Waals surface area contributed by atoms with E-state index in [9.17, 15) is 4.79 Å². The molecule has 1 saturated heterocycles. The van der Waals surface area contributed by atoms with E-state index in [0.717, 1.165) is 5.56 Å². The van der Waals surface area contributed by atoms with E-state index in [1.165, 1.54) is 11.2 Å². The molecule has 11 nitrogen and oxygen atoms in total. The van der Waals surface area contributed by atoms with Crippen LogP contribution in [-0.4, -0.2) is 53.9 Å². The summed E-state index contributed by atoms with van der Waals surface area (Å²) in [5, 5.41) is 14.4. The normalized spacial score (nSPS) is 14.6. The van der Waals surface area contributed by atoms with Crippen molar-refractivity contribution >= 4 is 40.1 Å². The van der Waals surface area contributed by atoms with Crippen LogP contribution in [-0.2, 0) is 6.54 Å². The van der Waals surface area contributed by atoms with Crippen molar-refractivity contribution in [1.29, 1.82) is 0 Å². The largest absolute Gasteiger partial charge is 0.465 e. The number of nitrogens with two attached hydrogens (primary N) is 2. The van der Waals surface area contributed by atoms with E-state index < -0.39 is 6.09 Å². The average Bonchev–Trinajstić information content (AvgIpc) is 3.17. The van der Waals surface area contributed by atoms with Gasteiger partial charge in [0.15, 0.2) is 11.2 Å². The summed E-state index contributed by atoms with van der Waals surface area (Å²) in [6, 6.07) is 5.54. The number of nitrogen functional groups attached to an aromatic ring is 2. The number of rotatable bonds is 3. The minimum Gasteiger partial charge on any atom is -0.465 e. The Bertz CT molecular complexity index is 1220. The third-order valence-electron chi connectivity index (χ3n) is 4.89. The van der Waals surface area contributed by atoms with E-state index in [-0.39, 0.29) is 11.9 Å². The topological polar surface area (TPSA) is 162 Å². The first-order valence-corrected chi connectivity index (χ1v) is 8.61. The zero-order chi connectivity index (χ0) is 19.4. The van der Waals surface area contributed by atoms with Gasteiger partial charge in [0.1, 0.15) is 23.4 Å². The lowest BCUT2D eigenvalue weighted by Gasteiger charge is -2.36. The molecular weight excluding hydrogens is 364 g/mol. The van der Waals surface area contributed by atoms with Gasteiger partial charge in [-0.15, -0.1) is 0 Å². The molecule has 142 valence electrons. The number of carboxylic acid groups (broad SMARTS) is 1. The Kier molecular flexibility index (Phi) is 3.38. The third kappa shape index (κ3) is 2.47. The Morgan fingerprint density at radius 1 is 1.29 bits per heavy atom. The van der Waals surface area contributed by atoms with Gasteiger partial charge in [-0.25, -0.2) is 19.4 Å². The zero-order valence-electron chi connectivity index (χ0n) is 14.6. The number of aromatic nitrogens is 5. The fraction of sp³-hybridized carbons (Fsp3) is 0.235. The Morgan fingerprint density at radius 3 is 2.89 bits per heavy atom. The van der Waals surface area contributed by atoms with Crippen molar-refractivity contribution in [1.82, 2.24) is 29.6 Å². The van der Waals surface area contributed by atoms with Crippen LogP contribution in [0.25, 0.3) is 33.4 Å². The predicted octanol–water partition coefficient (Wildman–Crippen LogP) is 1.41. The minimum atomic E-state index is -0.908. The molecule has 1 aromatic carbocycles. The highest BCUT2D eigenvalue weighted by molar-refractivity contribution is 5.99. The summed E-state index contributed by atoms with van der Waals surface area (Å²) in [6.07, 6.45) is 0.486. The number of benzene rings is 1. The second-order valence-corrected chi connectivity index (χ2v) is 6.78. The number of amides is 1. The van der Waals surface area contributed by atoms with Crippen molar-refractivity contribution in [3.63, 3.8) is 0 Å². The Morgan fingerprint density at radius 2 is 2.11 bits per heavy atom. The highest BCUT2D eigenvalue weighted by atomic mass is 16.4. The molecule has 0 bridgehead atoms. The molecule has 1 amide bonds. The number of oxazole rings is 1. The van der Waals surface area contributed by atoms with Gasteiger partial charge in [0.05, 0.1) is 5.39 Å². The molecule has 0 saturated carbocycles. The molecule has 0 atom stereocenters. The zero-order valence-corrected chi connectivity index (χ0v) is 14.6. The van der Waals surface area contributed by atoms with Gasteiger partial charge in [0.2, 0.25) is 0 Å². The molecule has 0 spiro atoms. The molecule has 3 aromatic heterocycles. The van der Waals surface area contributed by atoms with E-state index in [1.807, 2.05) is 12.1 Å². The van der Waals surface area contributed by atoms with Crippen LogP contribution in [0.5, 0.6) is 0 Å². The van der Waals surface area contributed by atoms with Gasteiger partial charge in [-0.05, 0) is 18.2 Å². The predicted molar refractivity (Wildman–Crippen MR) is 100 cm³/mol. The number of nitrogens with zero attached hydrogens (tertiary/aromatic N) is 6. The summed E-state index contributed by atoms with van der Waals surface area (Å²) in [5.41, 5.74) is 15.0. The standard InChI is InChI=1S/C17H16N8O3/c18-14-12-13(9-1-2-11-10(3-9)22-16(19)28-11)23-25(15(12)21-7-20-14)6-8-4-24(5-8)17(26)27/h1-3,7-8H,4-6H2,(H2,19,22)(H,26,27)(H2,18,20,21). The molecule has 1 aliphatic heterocycles. The number of likely N-dealkylation sites (tertiary alicyclic amines) is 1. The van der Waals surface area contributed by atoms with Crippen molar-refractivity contribution in [2.45, 2.75) is 6.54 Å². The van der Waals surface area contributed by atoms with Crippen LogP contribution in [0, 0.1) is 5.92 Å². The Balaban J connectivity index is 1.57. The number of carbonyl (C=O) groups is 1. The molecule has 0 aliphatic carbocycles. The number of anilines is 2. The maximum atomic E-state index is 11.0. The molecule has 5 N–H and O–H groups in total. The lowest BCUT2D eigenvalue weighted by molar-refractivity contribution is 0.0737. The molecule has 28 heavy (non-hydrogen) atoms. The van der Waals surface area contributed by atoms with Gasteiger partial charge < -0.3 is 25.9 Å². The molecule has 4 heterocycles. The fourth-order valence-electron chi connectivity index (χ4n) is 3.54. The first-order valence-electron chi connectivity index (χ1n) is 8.61.